The Hall–Kier alpha value is -3.16. The Morgan fingerprint density at radius 3 is 2.28 bits per heavy atom. The number of rotatable bonds is 14. The molecule has 2 heterocycles. The van der Waals surface area contributed by atoms with Gasteiger partial charge in [-0.15, -0.1) is 11.3 Å². The molecule has 3 rings (SSSR count). The number of amides is 1. The Kier molecular flexibility index (Phi) is 13.9. The second kappa shape index (κ2) is 16.6. The Morgan fingerprint density at radius 1 is 1.09 bits per heavy atom. The monoisotopic (exact) mass is 629 g/mol. The first-order chi connectivity index (χ1) is 20.3. The van der Waals surface area contributed by atoms with Gasteiger partial charge in [0, 0.05) is 43.7 Å². The average Bonchev–Trinajstić information content (AvgIpc) is 3.33. The first kappa shape index (κ1) is 36.0. The van der Waals surface area contributed by atoms with Gasteiger partial charge in [-0.3, -0.25) is 14.5 Å². The highest BCUT2D eigenvalue weighted by atomic mass is 32.1. The van der Waals surface area contributed by atoms with Gasteiger partial charge in [0.15, 0.2) is 5.75 Å². The molecule has 240 valence electrons. The smallest absolute Gasteiger partial charge is 0.489 e. The predicted octanol–water partition coefficient (Wildman–Crippen LogP) is 5.91. The second-order valence-electron chi connectivity index (χ2n) is 10.3. The third-order valence-corrected chi connectivity index (χ3v) is 7.81. The summed E-state index contributed by atoms with van der Waals surface area (Å²) in [7, 11) is 0. The minimum absolute atomic E-state index is 0.107. The number of aromatic nitrogens is 1. The van der Waals surface area contributed by atoms with E-state index in [0.29, 0.717) is 54.4 Å². The van der Waals surface area contributed by atoms with E-state index in [-0.39, 0.29) is 18.1 Å². The maximum absolute atomic E-state index is 13.8. The zero-order chi connectivity index (χ0) is 32.3. The van der Waals surface area contributed by atoms with Gasteiger partial charge < -0.3 is 24.5 Å². The number of ether oxygens (including phenoxy) is 2. The number of thiophene rings is 1. The number of carbonyl (C=O) groups excluding carboxylic acids is 1. The van der Waals surface area contributed by atoms with Crippen LogP contribution in [0, 0.1) is 0 Å². The molecule has 9 nitrogen and oxygen atoms in total. The molecule has 0 saturated heterocycles. The summed E-state index contributed by atoms with van der Waals surface area (Å²) >= 11 is 1.34. The van der Waals surface area contributed by atoms with Crippen LogP contribution in [0.1, 0.15) is 64.1 Å². The molecule has 0 aliphatic rings. The van der Waals surface area contributed by atoms with Crippen molar-refractivity contribution < 1.29 is 37.3 Å². The number of carboxylic acids is 1. The van der Waals surface area contributed by atoms with E-state index in [9.17, 15) is 22.8 Å². The van der Waals surface area contributed by atoms with Crippen molar-refractivity contribution >= 4 is 44.2 Å². The number of para-hydroxylation sites is 1. The fraction of sp³-hybridized carbons (Fsp3) is 0.567. The molecule has 0 radical (unpaired) electrons. The van der Waals surface area contributed by atoms with Crippen molar-refractivity contribution in [1.82, 2.24) is 14.8 Å². The third-order valence-electron chi connectivity index (χ3n) is 6.61. The van der Waals surface area contributed by atoms with Gasteiger partial charge >= 0.3 is 12.1 Å². The van der Waals surface area contributed by atoms with Gasteiger partial charge in [-0.25, -0.2) is 4.79 Å². The highest BCUT2D eigenvalue weighted by molar-refractivity contribution is 7.22. The van der Waals surface area contributed by atoms with Gasteiger partial charge in [-0.1, -0.05) is 31.5 Å². The summed E-state index contributed by atoms with van der Waals surface area (Å²) < 4.78 is 45.9. The normalized spacial score (nSPS) is 11.8. The molecule has 0 spiro atoms. The lowest BCUT2D eigenvalue weighted by atomic mass is 10.1. The first-order valence-corrected chi connectivity index (χ1v) is 15.2. The van der Waals surface area contributed by atoms with E-state index >= 15 is 0 Å². The van der Waals surface area contributed by atoms with Gasteiger partial charge in [0.05, 0.1) is 16.8 Å². The summed E-state index contributed by atoms with van der Waals surface area (Å²) in [5.74, 6) is -2.59. The van der Waals surface area contributed by atoms with Gasteiger partial charge in [0.1, 0.15) is 16.9 Å². The van der Waals surface area contributed by atoms with Gasteiger partial charge in [0.2, 0.25) is 0 Å². The molecule has 13 heteroatoms. The molecule has 0 unspecified atom stereocenters. The number of nitrogens with zero attached hydrogens (tertiary/aromatic N) is 2. The number of unbranched alkanes of at least 4 members (excludes halogenated alkanes) is 1. The van der Waals surface area contributed by atoms with Gasteiger partial charge in [0.25, 0.3) is 11.5 Å². The van der Waals surface area contributed by atoms with Crippen LogP contribution in [-0.2, 0) is 16.1 Å². The van der Waals surface area contributed by atoms with Crippen LogP contribution in [0.5, 0.6) is 5.75 Å². The number of halogens is 3. The lowest BCUT2D eigenvalue weighted by Gasteiger charge is -2.30. The number of aryl methyl sites for hydroxylation is 1. The third kappa shape index (κ3) is 9.67. The summed E-state index contributed by atoms with van der Waals surface area (Å²) in [4.78, 5) is 38.9. The standard InChI is InChI=1S/C28H41N3O4S.C2HF3O2/c1-7-9-15-31-22-13-11-10-12-21(22)25-23(28(31)33)24(35-18-17-34-8-2)26(36-25)27(32)29-14-16-30(19(3)4)20(5)6;3-2(4,5)1(6)7/h10-13,19-20H,7-9,14-18H2,1-6H3,(H,29,32);(H,6,7). The molecule has 0 aliphatic heterocycles. The zero-order valence-electron chi connectivity index (χ0n) is 25.5. The minimum atomic E-state index is -5.08. The Bertz CT molecular complexity index is 1410. The molecule has 0 aliphatic carbocycles. The van der Waals surface area contributed by atoms with Crippen molar-refractivity contribution in [1.29, 1.82) is 0 Å². The second-order valence-corrected chi connectivity index (χ2v) is 11.3. The lowest BCUT2D eigenvalue weighted by molar-refractivity contribution is -0.192. The lowest BCUT2D eigenvalue weighted by Crippen LogP contribution is -2.42. The number of nitrogens with one attached hydrogen (secondary N) is 1. The van der Waals surface area contributed by atoms with Crippen molar-refractivity contribution in [3.8, 4) is 5.75 Å². The molecule has 0 atom stereocenters. The van der Waals surface area contributed by atoms with E-state index in [2.05, 4.69) is 44.8 Å². The van der Waals surface area contributed by atoms with Crippen LogP contribution >= 0.6 is 11.3 Å². The molecule has 0 fully saturated rings. The van der Waals surface area contributed by atoms with Crippen molar-refractivity contribution in [3.63, 3.8) is 0 Å². The van der Waals surface area contributed by atoms with E-state index in [1.807, 2.05) is 35.8 Å². The Labute approximate surface area is 253 Å². The SMILES string of the molecule is CCCCn1c(=O)c2c(OCCOCC)c(C(=O)NCCN(C(C)C)C(C)C)sc2c2ccccc21.O=C(O)C(F)(F)F. The molecule has 2 N–H and O–H groups in total. The van der Waals surface area contributed by atoms with E-state index < -0.39 is 12.1 Å². The summed E-state index contributed by atoms with van der Waals surface area (Å²) in [5, 5.41) is 11.6. The highest BCUT2D eigenvalue weighted by Gasteiger charge is 2.38. The number of alkyl halides is 3. The number of hydrogen-bond donors (Lipinski definition) is 2. The van der Waals surface area contributed by atoms with E-state index in [1.165, 1.54) is 11.3 Å². The van der Waals surface area contributed by atoms with Crippen LogP contribution in [0.2, 0.25) is 0 Å². The summed E-state index contributed by atoms with van der Waals surface area (Å²) in [6.45, 7) is 15.8. The number of carbonyl (C=O) groups is 2. The number of hydrogen-bond acceptors (Lipinski definition) is 7. The number of benzene rings is 1. The molecule has 2 aromatic heterocycles. The topological polar surface area (TPSA) is 110 Å². The quantitative estimate of drug-likeness (QED) is 0.213. The fourth-order valence-corrected chi connectivity index (χ4v) is 5.80. The fourth-order valence-electron chi connectivity index (χ4n) is 4.61. The maximum atomic E-state index is 13.8. The molecular weight excluding hydrogens is 587 g/mol. The largest absolute Gasteiger partial charge is 0.490 e. The van der Waals surface area contributed by atoms with Gasteiger partial charge in [-0.2, -0.15) is 13.2 Å². The van der Waals surface area contributed by atoms with Crippen LogP contribution in [0.3, 0.4) is 0 Å². The van der Waals surface area contributed by atoms with E-state index in [1.54, 1.807) is 0 Å². The Balaban J connectivity index is 0.000000821. The number of pyridine rings is 1. The van der Waals surface area contributed by atoms with Gasteiger partial charge in [-0.05, 0) is 47.1 Å². The number of carboxylic acid groups (broad SMARTS) is 1. The van der Waals surface area contributed by atoms with Crippen molar-refractivity contribution in [2.75, 3.05) is 32.9 Å². The van der Waals surface area contributed by atoms with Crippen molar-refractivity contribution in [2.24, 2.45) is 0 Å². The van der Waals surface area contributed by atoms with Crippen LogP contribution in [0.4, 0.5) is 13.2 Å². The van der Waals surface area contributed by atoms with Crippen LogP contribution < -0.4 is 15.6 Å². The molecule has 43 heavy (non-hydrogen) atoms. The predicted molar refractivity (Wildman–Crippen MR) is 163 cm³/mol. The Morgan fingerprint density at radius 2 is 1.72 bits per heavy atom. The zero-order valence-corrected chi connectivity index (χ0v) is 26.4. The number of aliphatic carboxylic acids is 1. The average molecular weight is 630 g/mol. The van der Waals surface area contributed by atoms with E-state index in [0.717, 1.165) is 35.0 Å². The van der Waals surface area contributed by atoms with E-state index in [4.69, 9.17) is 19.4 Å². The number of fused-ring (bicyclic) bond motifs is 3. The van der Waals surface area contributed by atoms with Crippen molar-refractivity contribution in [3.05, 3.63) is 39.5 Å². The molecular formula is C30H42F3N3O6S. The summed E-state index contributed by atoms with van der Waals surface area (Å²) in [6.07, 6.45) is -3.20. The molecule has 3 aromatic rings. The molecule has 1 aromatic carbocycles. The molecule has 0 bridgehead atoms. The highest BCUT2D eigenvalue weighted by Crippen LogP contribution is 2.39. The van der Waals surface area contributed by atoms with Crippen LogP contribution in [0.15, 0.2) is 29.1 Å². The summed E-state index contributed by atoms with van der Waals surface area (Å²) in [6, 6.07) is 8.69. The van der Waals surface area contributed by atoms with Crippen molar-refractivity contribution in [2.45, 2.75) is 79.2 Å². The molecule has 0 saturated carbocycles. The minimum Gasteiger partial charge on any atom is -0.489 e. The van der Waals surface area contributed by atoms with Crippen LogP contribution in [0.25, 0.3) is 21.0 Å². The first-order valence-electron chi connectivity index (χ1n) is 14.4. The molecule has 1 amide bonds. The summed E-state index contributed by atoms with van der Waals surface area (Å²) in [5.41, 5.74) is 0.784. The maximum Gasteiger partial charge on any atom is 0.490 e. The van der Waals surface area contributed by atoms with Crippen LogP contribution in [-0.4, -0.2) is 77.6 Å².